The van der Waals surface area contributed by atoms with E-state index < -0.39 is 5.63 Å². The number of carbonyl (C=O) groups excluding carboxylic acids is 1. The number of benzene rings is 1. The highest BCUT2D eigenvalue weighted by molar-refractivity contribution is 5.89. The van der Waals surface area contributed by atoms with E-state index in [1.54, 1.807) is 13.2 Å². The minimum Gasteiger partial charge on any atom is -0.496 e. The Hall–Kier alpha value is -2.34. The van der Waals surface area contributed by atoms with Crippen molar-refractivity contribution in [2.45, 2.75) is 39.2 Å². The van der Waals surface area contributed by atoms with Crippen molar-refractivity contribution in [2.75, 3.05) is 20.3 Å². The molecule has 0 unspecified atom stereocenters. The molecule has 1 amide bonds. The maximum absolute atomic E-state index is 12.3. The molecule has 25 heavy (non-hydrogen) atoms. The Labute approximate surface area is 146 Å². The van der Waals surface area contributed by atoms with Crippen LogP contribution in [0.1, 0.15) is 29.5 Å². The number of fused-ring (bicyclic) bond motifs is 1. The standard InChI is InChI=1S/C19H23NO5/c1-11-7-15(23-3)18-12(2)14(19(22)25-16(18)8-11)9-17(21)20-10-13-5-4-6-24-13/h7-8,13H,4-6,9-10H2,1-3H3,(H,20,21)/t13-/m0/s1. The van der Waals surface area contributed by atoms with E-state index in [2.05, 4.69) is 5.32 Å². The number of nitrogens with one attached hydrogen (secondary N) is 1. The molecule has 2 aromatic rings. The van der Waals surface area contributed by atoms with Crippen molar-refractivity contribution in [3.8, 4) is 5.75 Å². The predicted molar refractivity (Wildman–Crippen MR) is 94.2 cm³/mol. The average Bonchev–Trinajstić information content (AvgIpc) is 3.09. The molecule has 6 nitrogen and oxygen atoms in total. The Morgan fingerprint density at radius 1 is 1.36 bits per heavy atom. The highest BCUT2D eigenvalue weighted by atomic mass is 16.5. The van der Waals surface area contributed by atoms with E-state index in [0.717, 1.165) is 36.0 Å². The second-order valence-electron chi connectivity index (χ2n) is 6.45. The van der Waals surface area contributed by atoms with Gasteiger partial charge >= 0.3 is 5.63 Å². The zero-order chi connectivity index (χ0) is 18.0. The third-order valence-corrected chi connectivity index (χ3v) is 4.60. The van der Waals surface area contributed by atoms with E-state index >= 15 is 0 Å². The third-order valence-electron chi connectivity index (χ3n) is 4.60. The molecule has 0 aliphatic carbocycles. The van der Waals surface area contributed by atoms with Gasteiger partial charge in [0.2, 0.25) is 5.91 Å². The van der Waals surface area contributed by atoms with Crippen LogP contribution in [0.15, 0.2) is 21.3 Å². The molecule has 1 fully saturated rings. The SMILES string of the molecule is COc1cc(C)cc2oc(=O)c(CC(=O)NC[C@@H]3CCCO3)c(C)c12. The molecule has 1 aromatic carbocycles. The first kappa shape index (κ1) is 17.5. The van der Waals surface area contributed by atoms with Crippen molar-refractivity contribution in [1.82, 2.24) is 5.32 Å². The fourth-order valence-electron chi connectivity index (χ4n) is 3.26. The molecule has 3 rings (SSSR count). The number of hydrogen-bond donors (Lipinski definition) is 1. The average molecular weight is 345 g/mol. The van der Waals surface area contributed by atoms with Gasteiger partial charge < -0.3 is 19.2 Å². The summed E-state index contributed by atoms with van der Waals surface area (Å²) in [5.41, 5.74) is 2.01. The predicted octanol–water partition coefficient (Wildman–Crippen LogP) is 2.26. The van der Waals surface area contributed by atoms with Gasteiger partial charge in [-0.15, -0.1) is 0 Å². The lowest BCUT2D eigenvalue weighted by atomic mass is 10.0. The monoisotopic (exact) mass is 345 g/mol. The number of rotatable bonds is 5. The molecule has 1 aliphatic rings. The van der Waals surface area contributed by atoms with E-state index in [1.165, 1.54) is 0 Å². The number of ether oxygens (including phenoxy) is 2. The Balaban J connectivity index is 1.86. The van der Waals surface area contributed by atoms with Gasteiger partial charge in [0, 0.05) is 13.2 Å². The summed E-state index contributed by atoms with van der Waals surface area (Å²) in [6.07, 6.45) is 2.02. The van der Waals surface area contributed by atoms with Crippen LogP contribution in [0.4, 0.5) is 0 Å². The summed E-state index contributed by atoms with van der Waals surface area (Å²) >= 11 is 0. The summed E-state index contributed by atoms with van der Waals surface area (Å²) in [4.78, 5) is 24.6. The zero-order valence-electron chi connectivity index (χ0n) is 14.8. The van der Waals surface area contributed by atoms with Gasteiger partial charge in [0.1, 0.15) is 11.3 Å². The van der Waals surface area contributed by atoms with Crippen molar-refractivity contribution >= 4 is 16.9 Å². The van der Waals surface area contributed by atoms with Crippen molar-refractivity contribution in [2.24, 2.45) is 0 Å². The van der Waals surface area contributed by atoms with Gasteiger partial charge in [-0.25, -0.2) is 4.79 Å². The number of amides is 1. The van der Waals surface area contributed by atoms with Gasteiger partial charge in [-0.2, -0.15) is 0 Å². The fraction of sp³-hybridized carbons (Fsp3) is 0.474. The lowest BCUT2D eigenvalue weighted by molar-refractivity contribution is -0.121. The van der Waals surface area contributed by atoms with Crippen LogP contribution in [-0.2, 0) is 16.0 Å². The van der Waals surface area contributed by atoms with Crippen LogP contribution in [-0.4, -0.2) is 32.3 Å². The number of carbonyl (C=O) groups is 1. The maximum atomic E-state index is 12.3. The van der Waals surface area contributed by atoms with E-state index in [9.17, 15) is 9.59 Å². The summed E-state index contributed by atoms with van der Waals surface area (Å²) in [7, 11) is 1.58. The van der Waals surface area contributed by atoms with E-state index in [0.29, 0.717) is 23.4 Å². The van der Waals surface area contributed by atoms with E-state index in [4.69, 9.17) is 13.9 Å². The molecule has 1 saturated heterocycles. The molecule has 2 heterocycles. The van der Waals surface area contributed by atoms with Gasteiger partial charge in [-0.1, -0.05) is 0 Å². The van der Waals surface area contributed by atoms with Crippen LogP contribution in [0, 0.1) is 13.8 Å². The molecule has 1 N–H and O–H groups in total. The van der Waals surface area contributed by atoms with Crippen molar-refractivity contribution in [1.29, 1.82) is 0 Å². The van der Waals surface area contributed by atoms with Crippen LogP contribution in [0.25, 0.3) is 11.0 Å². The van der Waals surface area contributed by atoms with E-state index in [-0.39, 0.29) is 18.4 Å². The number of aryl methyl sites for hydroxylation is 2. The fourth-order valence-corrected chi connectivity index (χ4v) is 3.26. The van der Waals surface area contributed by atoms with Gasteiger partial charge in [0.25, 0.3) is 0 Å². The van der Waals surface area contributed by atoms with Gasteiger partial charge in [0.05, 0.1) is 30.6 Å². The smallest absolute Gasteiger partial charge is 0.340 e. The quantitative estimate of drug-likeness (QED) is 0.841. The zero-order valence-corrected chi connectivity index (χ0v) is 14.8. The summed E-state index contributed by atoms with van der Waals surface area (Å²) in [6.45, 7) is 4.94. The lowest BCUT2D eigenvalue weighted by Gasteiger charge is -2.13. The molecular formula is C19H23NO5. The summed E-state index contributed by atoms with van der Waals surface area (Å²) in [5, 5.41) is 3.57. The number of methoxy groups -OCH3 is 1. The van der Waals surface area contributed by atoms with Crippen LogP contribution in [0.5, 0.6) is 5.75 Å². The molecule has 0 radical (unpaired) electrons. The molecule has 6 heteroatoms. The van der Waals surface area contributed by atoms with Crippen LogP contribution in [0.2, 0.25) is 0 Å². The maximum Gasteiger partial charge on any atom is 0.340 e. The molecule has 134 valence electrons. The second-order valence-corrected chi connectivity index (χ2v) is 6.45. The van der Waals surface area contributed by atoms with E-state index in [1.807, 2.05) is 19.9 Å². The third kappa shape index (κ3) is 3.69. The highest BCUT2D eigenvalue weighted by Gasteiger charge is 2.20. The Morgan fingerprint density at radius 3 is 2.84 bits per heavy atom. The minimum atomic E-state index is -0.482. The summed E-state index contributed by atoms with van der Waals surface area (Å²) < 4.78 is 16.3. The largest absolute Gasteiger partial charge is 0.496 e. The molecule has 0 saturated carbocycles. The van der Waals surface area contributed by atoms with Gasteiger partial charge in [0.15, 0.2) is 0 Å². The van der Waals surface area contributed by atoms with Gasteiger partial charge in [-0.05, 0) is 49.9 Å². The normalized spacial score (nSPS) is 17.0. The Kier molecular flexibility index (Phi) is 5.08. The van der Waals surface area contributed by atoms with Crippen molar-refractivity contribution in [3.05, 3.63) is 39.2 Å². The molecule has 1 atom stereocenters. The number of hydrogen-bond acceptors (Lipinski definition) is 5. The Bertz CT molecular complexity index is 849. The first-order valence-electron chi connectivity index (χ1n) is 8.49. The molecule has 1 aromatic heterocycles. The first-order valence-corrected chi connectivity index (χ1v) is 8.49. The van der Waals surface area contributed by atoms with Gasteiger partial charge in [-0.3, -0.25) is 4.79 Å². The molecule has 0 spiro atoms. The van der Waals surface area contributed by atoms with Crippen LogP contribution < -0.4 is 15.7 Å². The summed E-state index contributed by atoms with van der Waals surface area (Å²) in [5.74, 6) is 0.425. The molecular weight excluding hydrogens is 322 g/mol. The molecule has 0 bridgehead atoms. The topological polar surface area (TPSA) is 77.8 Å². The minimum absolute atomic E-state index is 0.0200. The van der Waals surface area contributed by atoms with Crippen molar-refractivity contribution in [3.63, 3.8) is 0 Å². The lowest BCUT2D eigenvalue weighted by Crippen LogP contribution is -2.34. The summed E-state index contributed by atoms with van der Waals surface area (Å²) in [6, 6.07) is 3.68. The second kappa shape index (κ2) is 7.27. The highest BCUT2D eigenvalue weighted by Crippen LogP contribution is 2.30. The first-order chi connectivity index (χ1) is 12.0. The van der Waals surface area contributed by atoms with Crippen molar-refractivity contribution < 1.29 is 18.7 Å². The molecule has 1 aliphatic heterocycles. The Morgan fingerprint density at radius 2 is 2.16 bits per heavy atom. The van der Waals surface area contributed by atoms with Crippen LogP contribution in [0.3, 0.4) is 0 Å². The van der Waals surface area contributed by atoms with Crippen LogP contribution >= 0.6 is 0 Å².